The maximum Gasteiger partial charge on any atom is 0.249 e. The molecule has 0 unspecified atom stereocenters. The fourth-order valence-corrected chi connectivity index (χ4v) is 4.70. The first kappa shape index (κ1) is 31.2. The number of hydrogen-bond donors (Lipinski definition) is 1. The second kappa shape index (κ2) is 16.1. The topological polar surface area (TPSA) is 82.2 Å². The molecule has 1 N–H and O–H groups in total. The largest absolute Gasteiger partial charge is 0.497 e. The quantitative estimate of drug-likeness (QED) is 0.383. The normalized spacial score (nSPS) is 13.4. The molecule has 1 aliphatic heterocycles. The molecule has 3 aromatic rings. The number of hydrogen-bond acceptors (Lipinski definition) is 5. The number of methoxy groups -OCH3 is 1. The van der Waals surface area contributed by atoms with E-state index in [1.165, 1.54) is 12.6 Å². The van der Waals surface area contributed by atoms with Gasteiger partial charge in [0.05, 0.1) is 7.11 Å². The highest BCUT2D eigenvalue weighted by Gasteiger charge is 2.24. The maximum absolute atomic E-state index is 12.8. The molecule has 0 saturated carbocycles. The number of anilines is 2. The molecule has 1 aliphatic rings. The Kier molecular flexibility index (Phi) is 12.2. The van der Waals surface area contributed by atoms with Gasteiger partial charge in [-0.1, -0.05) is 55.5 Å². The average molecular weight is 565 g/mol. The van der Waals surface area contributed by atoms with Crippen molar-refractivity contribution in [2.24, 2.45) is 0 Å². The van der Waals surface area contributed by atoms with E-state index in [9.17, 15) is 14.4 Å². The van der Waals surface area contributed by atoms with Gasteiger partial charge in [-0.2, -0.15) is 0 Å². The van der Waals surface area contributed by atoms with E-state index in [2.05, 4.69) is 34.5 Å². The number of carbonyl (C=O) groups is 3. The molecule has 3 aromatic carbocycles. The Morgan fingerprint density at radius 1 is 0.902 bits per heavy atom. The third-order valence-electron chi connectivity index (χ3n) is 7.09. The van der Waals surface area contributed by atoms with Crippen molar-refractivity contribution >= 4 is 29.1 Å². The molecule has 8 heteroatoms. The van der Waals surface area contributed by atoms with E-state index in [1.807, 2.05) is 60.4 Å². The van der Waals surface area contributed by atoms with E-state index >= 15 is 0 Å². The van der Waals surface area contributed by atoms with Gasteiger partial charge in [0.25, 0.3) is 0 Å². The predicted octanol–water partition coefficient (Wildman–Crippen LogP) is 5.28. The van der Waals surface area contributed by atoms with Crippen LogP contribution in [0.4, 0.5) is 11.4 Å². The van der Waals surface area contributed by atoms with E-state index in [1.54, 1.807) is 31.2 Å². The predicted molar refractivity (Wildman–Crippen MR) is 171 cm³/mol. The number of likely N-dealkylation sites (N-methyl/N-ethyl adjacent to an activating group) is 1. The molecule has 1 atom stereocenters. The van der Waals surface area contributed by atoms with E-state index in [0.29, 0.717) is 19.3 Å². The highest BCUT2D eigenvalue weighted by molar-refractivity contribution is 5.98. The van der Waals surface area contributed by atoms with Gasteiger partial charge in [-0.3, -0.25) is 14.4 Å². The zero-order chi connectivity index (χ0) is 29.6. The van der Waals surface area contributed by atoms with Gasteiger partial charge in [-0.15, -0.1) is 0 Å². The lowest BCUT2D eigenvalue weighted by Crippen LogP contribution is -2.48. The first-order chi connectivity index (χ1) is 19.8. The minimum absolute atomic E-state index is 0. The van der Waals surface area contributed by atoms with Crippen LogP contribution in [0.3, 0.4) is 0 Å². The highest BCUT2D eigenvalue weighted by Crippen LogP contribution is 2.20. The third-order valence-corrected chi connectivity index (χ3v) is 7.09. The standard InChI is InChI=1S/C20H24N2O3.C13H18N2O.3H2/c1-15(23)21-19(14-9-16-7-5-4-6-8-16)20(24)22(2)17-10-12-18(25-3)13-11-17;1-2-13(16)15-10-8-14(9-11-15)12-6-4-3-5-7-12;;;/h4-8,10-13,19H,9,14H2,1-3H3,(H,21,23);3-7H,2,8-11H2,1H3;3*1H/t19-;;;;/m0..../s1. The number of benzene rings is 3. The fourth-order valence-electron chi connectivity index (χ4n) is 4.70. The van der Waals surface area contributed by atoms with E-state index in [4.69, 9.17) is 4.74 Å². The number of carbonyl (C=O) groups excluding carboxylic acids is 3. The Morgan fingerprint density at radius 2 is 1.49 bits per heavy atom. The summed E-state index contributed by atoms with van der Waals surface area (Å²) in [7, 11) is 3.31. The number of amides is 3. The minimum Gasteiger partial charge on any atom is -0.497 e. The van der Waals surface area contributed by atoms with Crippen molar-refractivity contribution in [2.45, 2.75) is 39.2 Å². The number of nitrogens with one attached hydrogen (secondary N) is 1. The van der Waals surface area contributed by atoms with Crippen LogP contribution in [0.15, 0.2) is 84.9 Å². The molecule has 4 rings (SSSR count). The summed E-state index contributed by atoms with van der Waals surface area (Å²) in [5.74, 6) is 0.644. The number of piperazine rings is 1. The summed E-state index contributed by atoms with van der Waals surface area (Å²) < 4.78 is 5.14. The molecular weight excluding hydrogens is 516 g/mol. The summed E-state index contributed by atoms with van der Waals surface area (Å²) in [5.41, 5.74) is 3.14. The number of para-hydroxylation sites is 1. The summed E-state index contributed by atoms with van der Waals surface area (Å²) >= 11 is 0. The number of ether oxygens (including phenoxy) is 1. The first-order valence-electron chi connectivity index (χ1n) is 14.1. The van der Waals surface area contributed by atoms with Crippen molar-refractivity contribution in [3.63, 3.8) is 0 Å². The van der Waals surface area contributed by atoms with Crippen molar-refractivity contribution in [1.82, 2.24) is 10.2 Å². The van der Waals surface area contributed by atoms with Crippen molar-refractivity contribution < 1.29 is 23.4 Å². The molecule has 41 heavy (non-hydrogen) atoms. The van der Waals surface area contributed by atoms with Crippen LogP contribution in [0.5, 0.6) is 5.75 Å². The molecule has 0 aromatic heterocycles. The highest BCUT2D eigenvalue weighted by atomic mass is 16.5. The summed E-state index contributed by atoms with van der Waals surface area (Å²) in [5, 5.41) is 2.77. The van der Waals surface area contributed by atoms with Crippen molar-refractivity contribution in [1.29, 1.82) is 0 Å². The van der Waals surface area contributed by atoms with Crippen LogP contribution in [0.2, 0.25) is 0 Å². The molecule has 3 amide bonds. The Labute approximate surface area is 248 Å². The first-order valence-corrected chi connectivity index (χ1v) is 14.1. The Hall–Kier alpha value is -4.33. The number of rotatable bonds is 9. The van der Waals surface area contributed by atoms with Gasteiger partial charge >= 0.3 is 0 Å². The van der Waals surface area contributed by atoms with E-state index in [-0.39, 0.29) is 22.0 Å². The molecule has 0 bridgehead atoms. The molecule has 0 aliphatic carbocycles. The van der Waals surface area contributed by atoms with E-state index in [0.717, 1.165) is 43.2 Å². The smallest absolute Gasteiger partial charge is 0.249 e. The lowest BCUT2D eigenvalue weighted by molar-refractivity contribution is -0.131. The molecule has 1 fully saturated rings. The molecule has 0 spiro atoms. The van der Waals surface area contributed by atoms with Gasteiger partial charge in [0.1, 0.15) is 11.8 Å². The SMILES string of the molecule is CCC(=O)N1CCN(c2ccccc2)CC1.COc1ccc(N(C)C(=O)[C@H](CCc2ccccc2)NC(C)=O)cc1.[HH].[HH].[HH]. The number of aryl methyl sites for hydroxylation is 1. The van der Waals surface area contributed by atoms with Gasteiger partial charge in [-0.25, -0.2) is 0 Å². The van der Waals surface area contributed by atoms with Crippen LogP contribution in [-0.4, -0.2) is 69.0 Å². The van der Waals surface area contributed by atoms with Gasteiger partial charge in [0.2, 0.25) is 17.7 Å². The zero-order valence-corrected chi connectivity index (χ0v) is 24.6. The molecule has 224 valence electrons. The van der Waals surface area contributed by atoms with Crippen molar-refractivity contribution in [3.05, 3.63) is 90.5 Å². The van der Waals surface area contributed by atoms with Gasteiger partial charge in [0, 0.05) is 62.2 Å². The van der Waals surface area contributed by atoms with Crippen LogP contribution in [-0.2, 0) is 20.8 Å². The summed E-state index contributed by atoms with van der Waals surface area (Å²) in [4.78, 5) is 41.7. The summed E-state index contributed by atoms with van der Waals surface area (Å²) in [6.45, 7) is 6.93. The Morgan fingerprint density at radius 3 is 2.02 bits per heavy atom. The van der Waals surface area contributed by atoms with Crippen LogP contribution < -0.4 is 19.9 Å². The fraction of sp³-hybridized carbons (Fsp3) is 0.364. The average Bonchev–Trinajstić information content (AvgIpc) is 3.03. The molecule has 8 nitrogen and oxygen atoms in total. The Bertz CT molecular complexity index is 1240. The van der Waals surface area contributed by atoms with Crippen LogP contribution in [0.1, 0.15) is 36.5 Å². The van der Waals surface area contributed by atoms with Gasteiger partial charge in [0.15, 0.2) is 0 Å². The van der Waals surface area contributed by atoms with E-state index < -0.39 is 6.04 Å². The number of nitrogens with zero attached hydrogens (tertiary/aromatic N) is 3. The van der Waals surface area contributed by atoms with Crippen LogP contribution >= 0.6 is 0 Å². The third kappa shape index (κ3) is 9.67. The summed E-state index contributed by atoms with van der Waals surface area (Å²) in [6, 6.07) is 27.0. The molecular formula is C33H48N4O4. The Balaban J connectivity index is 0.000000849. The second-order valence-electron chi connectivity index (χ2n) is 9.93. The molecule has 1 heterocycles. The minimum atomic E-state index is -0.565. The lowest BCUT2D eigenvalue weighted by Gasteiger charge is -2.36. The maximum atomic E-state index is 12.8. The monoisotopic (exact) mass is 564 g/mol. The summed E-state index contributed by atoms with van der Waals surface area (Å²) in [6.07, 6.45) is 1.88. The molecule has 0 radical (unpaired) electrons. The second-order valence-corrected chi connectivity index (χ2v) is 9.93. The van der Waals surface area contributed by atoms with Crippen molar-refractivity contribution in [2.75, 3.05) is 50.1 Å². The van der Waals surface area contributed by atoms with Gasteiger partial charge < -0.3 is 24.8 Å². The lowest BCUT2D eigenvalue weighted by atomic mass is 10.0. The van der Waals surface area contributed by atoms with Crippen molar-refractivity contribution in [3.8, 4) is 5.75 Å². The van der Waals surface area contributed by atoms with Crippen LogP contribution in [0, 0.1) is 0 Å². The van der Waals surface area contributed by atoms with Gasteiger partial charge in [-0.05, 0) is 54.8 Å². The van der Waals surface area contributed by atoms with Crippen LogP contribution in [0.25, 0.3) is 0 Å². The zero-order valence-electron chi connectivity index (χ0n) is 24.6. The molecule has 1 saturated heterocycles.